The van der Waals surface area contributed by atoms with E-state index in [2.05, 4.69) is 14.9 Å². The highest BCUT2D eigenvalue weighted by Gasteiger charge is 2.43. The lowest BCUT2D eigenvalue weighted by Crippen LogP contribution is -2.35. The second-order valence-corrected chi connectivity index (χ2v) is 10.6. The van der Waals surface area contributed by atoms with Crippen LogP contribution in [-0.2, 0) is 11.2 Å². The summed E-state index contributed by atoms with van der Waals surface area (Å²) in [6.45, 7) is 1.82. The zero-order valence-electron chi connectivity index (χ0n) is 20.0. The van der Waals surface area contributed by atoms with Crippen LogP contribution in [0.25, 0.3) is 0 Å². The number of ether oxygens (including phenoxy) is 1. The summed E-state index contributed by atoms with van der Waals surface area (Å²) in [6, 6.07) is 4.43. The molecule has 36 heavy (non-hydrogen) atoms. The number of hydrogen-bond donors (Lipinski definition) is 0. The van der Waals surface area contributed by atoms with E-state index in [4.69, 9.17) is 16.3 Å². The molecule has 1 aromatic carbocycles. The predicted molar refractivity (Wildman–Crippen MR) is 130 cm³/mol. The van der Waals surface area contributed by atoms with Gasteiger partial charge in [-0.3, -0.25) is 4.79 Å². The maximum atomic E-state index is 14.5. The van der Waals surface area contributed by atoms with Gasteiger partial charge in [-0.05, 0) is 55.1 Å². The fourth-order valence-electron chi connectivity index (χ4n) is 5.49. The number of nitrogens with zero attached hydrogens (tertiary/aromatic N) is 4. The predicted octanol–water partition coefficient (Wildman–Crippen LogP) is 5.00. The number of anilines is 1. The lowest BCUT2D eigenvalue weighted by Gasteiger charge is -2.32. The molecule has 1 saturated carbocycles. The van der Waals surface area contributed by atoms with Crippen LogP contribution in [0.3, 0.4) is 0 Å². The Morgan fingerprint density at radius 2 is 1.92 bits per heavy atom. The summed E-state index contributed by atoms with van der Waals surface area (Å²) in [5.41, 5.74) is 0.195. The molecule has 3 heterocycles. The fraction of sp³-hybridized carbons (Fsp3) is 0.577. The van der Waals surface area contributed by atoms with E-state index < -0.39 is 24.2 Å². The third-order valence-electron chi connectivity index (χ3n) is 7.66. The molecule has 3 fully saturated rings. The minimum Gasteiger partial charge on any atom is -0.493 e. The average molecular weight is 523 g/mol. The average Bonchev–Trinajstić information content (AvgIpc) is 3.54. The van der Waals surface area contributed by atoms with E-state index in [0.29, 0.717) is 35.1 Å². The second-order valence-electron chi connectivity index (χ2n) is 10.2. The zero-order chi connectivity index (χ0) is 25.3. The normalized spacial score (nSPS) is 23.7. The molecule has 1 amide bonds. The Bertz CT molecular complexity index is 1080. The van der Waals surface area contributed by atoms with E-state index in [1.54, 1.807) is 18.5 Å². The first kappa shape index (κ1) is 25.1. The first-order valence-corrected chi connectivity index (χ1v) is 12.9. The number of carbonyl (C=O) groups is 1. The zero-order valence-corrected chi connectivity index (χ0v) is 20.8. The summed E-state index contributed by atoms with van der Waals surface area (Å²) in [7, 11) is 0. The maximum absolute atomic E-state index is 14.5. The van der Waals surface area contributed by atoms with Gasteiger partial charge in [0, 0.05) is 32.1 Å². The lowest BCUT2D eigenvalue weighted by molar-refractivity contribution is -0.130. The highest BCUT2D eigenvalue weighted by Crippen LogP contribution is 2.49. The highest BCUT2D eigenvalue weighted by molar-refractivity contribution is 6.30. The summed E-state index contributed by atoms with van der Waals surface area (Å²) in [5, 5.41) is 0.540. The molecule has 194 valence electrons. The van der Waals surface area contributed by atoms with Gasteiger partial charge in [-0.1, -0.05) is 17.7 Å². The molecule has 2 saturated heterocycles. The molecule has 3 aliphatic rings. The first-order valence-electron chi connectivity index (χ1n) is 12.6. The summed E-state index contributed by atoms with van der Waals surface area (Å²) < 4.78 is 46.9. The van der Waals surface area contributed by atoms with Gasteiger partial charge in [-0.25, -0.2) is 23.1 Å². The number of carbonyl (C=O) groups excluding carboxylic acids is 1. The van der Waals surface area contributed by atoms with E-state index in [9.17, 15) is 18.0 Å². The molecule has 0 N–H and O–H groups in total. The molecule has 0 unspecified atom stereocenters. The van der Waals surface area contributed by atoms with Crippen LogP contribution >= 0.6 is 11.6 Å². The van der Waals surface area contributed by atoms with Crippen LogP contribution in [0.1, 0.15) is 37.7 Å². The van der Waals surface area contributed by atoms with Crippen LogP contribution < -0.4 is 9.64 Å². The number of rotatable bonds is 8. The van der Waals surface area contributed by atoms with Gasteiger partial charge < -0.3 is 14.5 Å². The maximum Gasteiger partial charge on any atom is 0.267 e. The number of amides is 1. The van der Waals surface area contributed by atoms with Crippen LogP contribution in [-0.4, -0.2) is 59.5 Å². The van der Waals surface area contributed by atoms with Crippen molar-refractivity contribution in [2.45, 2.75) is 44.4 Å². The highest BCUT2D eigenvalue weighted by atomic mass is 35.5. The van der Waals surface area contributed by atoms with E-state index in [1.807, 2.05) is 0 Å². The monoisotopic (exact) mass is 522 g/mol. The Kier molecular flexibility index (Phi) is 7.28. The Morgan fingerprint density at radius 1 is 1.17 bits per heavy atom. The van der Waals surface area contributed by atoms with Gasteiger partial charge in [-0.2, -0.15) is 0 Å². The molecule has 0 radical (unpaired) electrons. The third kappa shape index (κ3) is 6.05. The molecule has 6 nitrogen and oxygen atoms in total. The summed E-state index contributed by atoms with van der Waals surface area (Å²) in [5.74, 6) is -0.680. The molecule has 0 spiro atoms. The van der Waals surface area contributed by atoms with Crippen molar-refractivity contribution in [3.8, 4) is 5.75 Å². The quantitative estimate of drug-likeness (QED) is 0.488. The second kappa shape index (κ2) is 10.4. The number of halogens is 4. The Labute approximate surface area is 213 Å². The lowest BCUT2D eigenvalue weighted by atomic mass is 9.90. The molecule has 0 bridgehead atoms. The molecule has 2 atom stereocenters. The molecule has 10 heteroatoms. The van der Waals surface area contributed by atoms with E-state index in [0.717, 1.165) is 43.2 Å². The molecular formula is C26H30ClF3N4O2. The molecule has 1 aliphatic carbocycles. The topological polar surface area (TPSA) is 58.6 Å². The summed E-state index contributed by atoms with van der Waals surface area (Å²) in [6.07, 6.45) is 7.06. The number of benzene rings is 1. The van der Waals surface area contributed by atoms with Crippen LogP contribution in [0, 0.1) is 23.6 Å². The van der Waals surface area contributed by atoms with Crippen molar-refractivity contribution in [3.05, 3.63) is 47.0 Å². The van der Waals surface area contributed by atoms with Crippen molar-refractivity contribution in [2.24, 2.45) is 17.8 Å². The van der Waals surface area contributed by atoms with Crippen molar-refractivity contribution in [1.29, 1.82) is 0 Å². The van der Waals surface area contributed by atoms with Gasteiger partial charge in [0.25, 0.3) is 5.92 Å². The van der Waals surface area contributed by atoms with Crippen molar-refractivity contribution in [1.82, 2.24) is 14.9 Å². The van der Waals surface area contributed by atoms with Crippen LogP contribution in [0.4, 0.5) is 19.1 Å². The van der Waals surface area contributed by atoms with Crippen molar-refractivity contribution < 1.29 is 22.7 Å². The summed E-state index contributed by atoms with van der Waals surface area (Å²) in [4.78, 5) is 24.2. The van der Waals surface area contributed by atoms with Gasteiger partial charge >= 0.3 is 0 Å². The van der Waals surface area contributed by atoms with Crippen LogP contribution in [0.5, 0.6) is 5.75 Å². The van der Waals surface area contributed by atoms with E-state index in [-0.39, 0.29) is 24.9 Å². The third-order valence-corrected chi connectivity index (χ3v) is 7.85. The van der Waals surface area contributed by atoms with Gasteiger partial charge in [0.2, 0.25) is 11.9 Å². The largest absolute Gasteiger partial charge is 0.493 e. The SMILES string of the molecule is O=C(Cc1ccc(OCC[C@H]2C[C@H]2C2CCN(c3ncc(Cl)cn3)CC2)cc1F)N1CCC(F)(F)C1. The Hall–Kier alpha value is -2.55. The van der Waals surface area contributed by atoms with Crippen molar-refractivity contribution >= 4 is 23.5 Å². The van der Waals surface area contributed by atoms with Gasteiger partial charge in [0.1, 0.15) is 11.6 Å². The number of piperidine rings is 1. The first-order chi connectivity index (χ1) is 17.3. The van der Waals surface area contributed by atoms with Crippen molar-refractivity contribution in [2.75, 3.05) is 37.7 Å². The van der Waals surface area contributed by atoms with Gasteiger partial charge in [0.15, 0.2) is 0 Å². The van der Waals surface area contributed by atoms with Gasteiger partial charge in [-0.15, -0.1) is 0 Å². The van der Waals surface area contributed by atoms with Crippen LogP contribution in [0.15, 0.2) is 30.6 Å². The number of aromatic nitrogens is 2. The molecule has 2 aromatic rings. The Balaban J connectivity index is 1.02. The number of likely N-dealkylation sites (tertiary alicyclic amines) is 1. The van der Waals surface area contributed by atoms with E-state index in [1.165, 1.54) is 18.6 Å². The minimum absolute atomic E-state index is 0.00663. The minimum atomic E-state index is -2.85. The molecule has 2 aliphatic heterocycles. The number of alkyl halides is 2. The molecular weight excluding hydrogens is 493 g/mol. The van der Waals surface area contributed by atoms with Gasteiger partial charge in [0.05, 0.1) is 37.0 Å². The molecule has 5 rings (SSSR count). The number of hydrogen-bond acceptors (Lipinski definition) is 5. The summed E-state index contributed by atoms with van der Waals surface area (Å²) >= 11 is 5.88. The molecule has 1 aromatic heterocycles. The smallest absolute Gasteiger partial charge is 0.267 e. The standard InChI is InChI=1S/C26H30ClF3N4O2/c27-20-14-31-25(32-15-20)33-7-3-17(4-8-33)22-11-18(22)5-10-36-21-2-1-19(23(28)13-21)12-24(35)34-9-6-26(29,30)16-34/h1-2,13-15,17-18,22H,3-12,16H2/t18-,22-/m0/s1. The Morgan fingerprint density at radius 3 is 2.58 bits per heavy atom. The fourth-order valence-corrected chi connectivity index (χ4v) is 5.59. The van der Waals surface area contributed by atoms with E-state index >= 15 is 0 Å². The van der Waals surface area contributed by atoms with Crippen LogP contribution in [0.2, 0.25) is 5.02 Å². The van der Waals surface area contributed by atoms with Crippen molar-refractivity contribution in [3.63, 3.8) is 0 Å².